The monoisotopic (exact) mass is 256 g/mol. The Morgan fingerprint density at radius 2 is 2.11 bits per heavy atom. The molecule has 1 aliphatic carbocycles. The minimum absolute atomic E-state index is 0.178. The second-order valence-corrected chi connectivity index (χ2v) is 5.32. The van der Waals surface area contributed by atoms with Gasteiger partial charge in [-0.3, -0.25) is 4.79 Å². The first-order valence-electron chi connectivity index (χ1n) is 6.32. The molecule has 0 aromatic rings. The third-order valence-corrected chi connectivity index (χ3v) is 3.98. The normalized spacial score (nSPS) is 34.1. The zero-order valence-corrected chi connectivity index (χ0v) is 10.8. The molecule has 0 aromatic heterocycles. The van der Waals surface area contributed by atoms with Gasteiger partial charge in [-0.15, -0.1) is 0 Å². The summed E-state index contributed by atoms with van der Waals surface area (Å²) in [4.78, 5) is 24.4. The van der Waals surface area contributed by atoms with Crippen molar-refractivity contribution < 1.29 is 19.4 Å². The molecular weight excluding hydrogens is 236 g/mol. The zero-order valence-electron chi connectivity index (χ0n) is 10.8. The number of carbonyl (C=O) groups is 2. The second-order valence-electron chi connectivity index (χ2n) is 5.32. The average molecular weight is 256 g/mol. The molecular formula is C12H20N2O4. The Morgan fingerprint density at radius 1 is 1.44 bits per heavy atom. The van der Waals surface area contributed by atoms with Crippen molar-refractivity contribution in [3.05, 3.63) is 0 Å². The second kappa shape index (κ2) is 5.14. The molecule has 1 saturated heterocycles. The summed E-state index contributed by atoms with van der Waals surface area (Å²) in [5.41, 5.74) is 0. The van der Waals surface area contributed by atoms with E-state index in [9.17, 15) is 9.59 Å². The van der Waals surface area contributed by atoms with Gasteiger partial charge in [0.15, 0.2) is 0 Å². The molecule has 4 unspecified atom stereocenters. The third-order valence-electron chi connectivity index (χ3n) is 3.98. The summed E-state index contributed by atoms with van der Waals surface area (Å²) in [5, 5.41) is 11.9. The van der Waals surface area contributed by atoms with Gasteiger partial charge in [-0.05, 0) is 18.3 Å². The van der Waals surface area contributed by atoms with Gasteiger partial charge in [0, 0.05) is 13.6 Å². The molecule has 2 fully saturated rings. The molecule has 2 amide bonds. The standard InChI is InChI=1S/C12H20N2O4/c1-7-3-8(7)4-13-12(17)14(2)10-6-18-5-9(10)11(15)16/h7-10H,3-6H2,1-2H3,(H,13,17)(H,15,16). The van der Waals surface area contributed by atoms with E-state index < -0.39 is 11.9 Å². The quantitative estimate of drug-likeness (QED) is 0.762. The predicted octanol–water partition coefficient (Wildman–Crippen LogP) is 0.383. The Labute approximate surface area is 106 Å². The number of nitrogens with one attached hydrogen (secondary N) is 1. The van der Waals surface area contributed by atoms with Crippen LogP contribution in [0.15, 0.2) is 0 Å². The Bertz CT molecular complexity index is 347. The van der Waals surface area contributed by atoms with Crippen molar-refractivity contribution in [1.29, 1.82) is 0 Å². The van der Waals surface area contributed by atoms with Gasteiger partial charge in [-0.2, -0.15) is 0 Å². The minimum Gasteiger partial charge on any atom is -0.481 e. The first kappa shape index (κ1) is 13.1. The van der Waals surface area contributed by atoms with Crippen molar-refractivity contribution >= 4 is 12.0 Å². The van der Waals surface area contributed by atoms with E-state index in [1.54, 1.807) is 7.05 Å². The Morgan fingerprint density at radius 3 is 2.67 bits per heavy atom. The molecule has 2 N–H and O–H groups in total. The van der Waals surface area contributed by atoms with Gasteiger partial charge in [0.1, 0.15) is 5.92 Å². The van der Waals surface area contributed by atoms with Crippen LogP contribution in [0.1, 0.15) is 13.3 Å². The molecule has 102 valence electrons. The lowest BCUT2D eigenvalue weighted by Crippen LogP contribution is -2.48. The SMILES string of the molecule is CC1CC1CNC(=O)N(C)C1COCC1C(=O)O. The fourth-order valence-corrected chi connectivity index (χ4v) is 2.34. The molecule has 0 aromatic carbocycles. The summed E-state index contributed by atoms with van der Waals surface area (Å²) >= 11 is 0. The van der Waals surface area contributed by atoms with Gasteiger partial charge in [-0.1, -0.05) is 6.92 Å². The number of aliphatic carboxylic acids is 1. The summed E-state index contributed by atoms with van der Waals surface area (Å²) < 4.78 is 5.15. The van der Waals surface area contributed by atoms with Gasteiger partial charge < -0.3 is 20.1 Å². The van der Waals surface area contributed by atoms with Crippen molar-refractivity contribution in [3.8, 4) is 0 Å². The lowest BCUT2D eigenvalue weighted by molar-refractivity contribution is -0.142. The topological polar surface area (TPSA) is 78.9 Å². The number of likely N-dealkylation sites (N-methyl/N-ethyl adjacent to an activating group) is 1. The molecule has 6 nitrogen and oxygen atoms in total. The van der Waals surface area contributed by atoms with Crippen LogP contribution < -0.4 is 5.32 Å². The number of ether oxygens (including phenoxy) is 1. The van der Waals surface area contributed by atoms with E-state index in [-0.39, 0.29) is 18.7 Å². The lowest BCUT2D eigenvalue weighted by Gasteiger charge is -2.26. The van der Waals surface area contributed by atoms with Crippen LogP contribution >= 0.6 is 0 Å². The fraction of sp³-hybridized carbons (Fsp3) is 0.833. The smallest absolute Gasteiger partial charge is 0.317 e. The summed E-state index contributed by atoms with van der Waals surface area (Å²) in [7, 11) is 1.63. The van der Waals surface area contributed by atoms with E-state index >= 15 is 0 Å². The molecule has 1 aliphatic heterocycles. The maximum Gasteiger partial charge on any atom is 0.317 e. The molecule has 6 heteroatoms. The van der Waals surface area contributed by atoms with Crippen LogP contribution in [0, 0.1) is 17.8 Å². The van der Waals surface area contributed by atoms with E-state index in [0.717, 1.165) is 6.42 Å². The highest BCUT2D eigenvalue weighted by Crippen LogP contribution is 2.36. The average Bonchev–Trinajstić information content (AvgIpc) is 2.83. The van der Waals surface area contributed by atoms with Gasteiger partial charge in [0.25, 0.3) is 0 Å². The van der Waals surface area contributed by atoms with Crippen molar-refractivity contribution in [2.45, 2.75) is 19.4 Å². The van der Waals surface area contributed by atoms with E-state index in [1.165, 1.54) is 4.90 Å². The summed E-state index contributed by atoms with van der Waals surface area (Å²) in [6.07, 6.45) is 1.16. The van der Waals surface area contributed by atoms with Gasteiger partial charge in [0.2, 0.25) is 0 Å². The van der Waals surface area contributed by atoms with E-state index in [4.69, 9.17) is 9.84 Å². The Hall–Kier alpha value is -1.30. The number of hydrogen-bond donors (Lipinski definition) is 2. The van der Waals surface area contributed by atoms with Crippen LogP contribution in [-0.4, -0.2) is 54.9 Å². The maximum absolute atomic E-state index is 11.9. The van der Waals surface area contributed by atoms with Crippen molar-refractivity contribution in [1.82, 2.24) is 10.2 Å². The number of carboxylic acids is 1. The van der Waals surface area contributed by atoms with Crippen LogP contribution in [0.3, 0.4) is 0 Å². The molecule has 1 heterocycles. The molecule has 4 atom stereocenters. The number of amides is 2. The zero-order chi connectivity index (χ0) is 13.3. The van der Waals surface area contributed by atoms with Crippen molar-refractivity contribution in [3.63, 3.8) is 0 Å². The number of nitrogens with zero attached hydrogens (tertiary/aromatic N) is 1. The fourth-order valence-electron chi connectivity index (χ4n) is 2.34. The van der Waals surface area contributed by atoms with Crippen molar-refractivity contribution in [2.24, 2.45) is 17.8 Å². The third kappa shape index (κ3) is 2.75. The Balaban J connectivity index is 1.83. The highest BCUT2D eigenvalue weighted by Gasteiger charge is 2.39. The number of carbonyl (C=O) groups excluding carboxylic acids is 1. The van der Waals surface area contributed by atoms with Gasteiger partial charge >= 0.3 is 12.0 Å². The molecule has 0 radical (unpaired) electrons. The van der Waals surface area contributed by atoms with Crippen LogP contribution in [0.2, 0.25) is 0 Å². The van der Waals surface area contributed by atoms with E-state index in [1.807, 2.05) is 0 Å². The molecule has 0 spiro atoms. The molecule has 1 saturated carbocycles. The largest absolute Gasteiger partial charge is 0.481 e. The predicted molar refractivity (Wildman–Crippen MR) is 64.2 cm³/mol. The number of carboxylic acid groups (broad SMARTS) is 1. The molecule has 18 heavy (non-hydrogen) atoms. The first-order chi connectivity index (χ1) is 8.50. The number of urea groups is 1. The molecule has 2 rings (SSSR count). The first-order valence-corrected chi connectivity index (χ1v) is 6.32. The van der Waals surface area contributed by atoms with Gasteiger partial charge in [-0.25, -0.2) is 4.79 Å². The van der Waals surface area contributed by atoms with Crippen LogP contribution in [0.25, 0.3) is 0 Å². The summed E-state index contributed by atoms with van der Waals surface area (Å²) in [6.45, 7) is 3.31. The highest BCUT2D eigenvalue weighted by molar-refractivity contribution is 5.77. The van der Waals surface area contributed by atoms with E-state index in [2.05, 4.69) is 12.2 Å². The Kier molecular flexibility index (Phi) is 3.75. The molecule has 0 bridgehead atoms. The maximum atomic E-state index is 11.9. The van der Waals surface area contributed by atoms with Crippen LogP contribution in [0.4, 0.5) is 4.79 Å². The summed E-state index contributed by atoms with van der Waals surface area (Å²) in [5.74, 6) is -0.261. The van der Waals surface area contributed by atoms with Gasteiger partial charge in [0.05, 0.1) is 19.3 Å². The summed E-state index contributed by atoms with van der Waals surface area (Å²) in [6, 6.07) is -0.588. The number of rotatable bonds is 4. The lowest BCUT2D eigenvalue weighted by atomic mass is 10.0. The van der Waals surface area contributed by atoms with Crippen molar-refractivity contribution in [2.75, 3.05) is 26.8 Å². The highest BCUT2D eigenvalue weighted by atomic mass is 16.5. The van der Waals surface area contributed by atoms with Crippen LogP contribution in [0.5, 0.6) is 0 Å². The molecule has 2 aliphatic rings. The minimum atomic E-state index is -0.909. The number of hydrogen-bond acceptors (Lipinski definition) is 3. The van der Waals surface area contributed by atoms with Crippen LogP contribution in [-0.2, 0) is 9.53 Å². The van der Waals surface area contributed by atoms with E-state index in [0.29, 0.717) is 25.0 Å².